The first-order valence-corrected chi connectivity index (χ1v) is 11.7. The first-order valence-electron chi connectivity index (χ1n) is 11.7. The smallest absolute Gasteiger partial charge is 0.141 e. The van der Waals surface area contributed by atoms with Gasteiger partial charge in [0.1, 0.15) is 29.5 Å². The molecule has 1 aliphatic rings. The monoisotopic (exact) mass is 466 g/mol. The Kier molecular flexibility index (Phi) is 5.38. The van der Waals surface area contributed by atoms with Crippen LogP contribution in [0.4, 0.5) is 17.3 Å². The molecule has 0 amide bonds. The first-order chi connectivity index (χ1) is 17.1. The van der Waals surface area contributed by atoms with Crippen LogP contribution in [-0.4, -0.2) is 50.7 Å². The van der Waals surface area contributed by atoms with Gasteiger partial charge in [-0.15, -0.1) is 0 Å². The van der Waals surface area contributed by atoms with Crippen molar-refractivity contribution in [2.45, 2.75) is 6.92 Å². The Morgan fingerprint density at radius 2 is 1.83 bits per heavy atom. The fourth-order valence-electron chi connectivity index (χ4n) is 4.40. The zero-order valence-electron chi connectivity index (χ0n) is 19.7. The minimum atomic E-state index is 0.752. The molecule has 5 aromatic rings. The summed E-state index contributed by atoms with van der Waals surface area (Å²) in [5.41, 5.74) is 4.73. The third-order valence-corrected chi connectivity index (χ3v) is 6.31. The molecule has 1 aliphatic heterocycles. The van der Waals surface area contributed by atoms with E-state index < -0.39 is 0 Å². The number of aromatic nitrogens is 5. The van der Waals surface area contributed by atoms with E-state index in [1.165, 1.54) is 0 Å². The Balaban J connectivity index is 1.25. The molecule has 0 atom stereocenters. The number of ether oxygens (including phenoxy) is 1. The maximum atomic E-state index is 6.16. The number of imidazole rings is 1. The highest BCUT2D eigenvalue weighted by molar-refractivity contribution is 5.92. The van der Waals surface area contributed by atoms with Gasteiger partial charge in [-0.25, -0.2) is 19.9 Å². The number of aryl methyl sites for hydroxylation is 2. The average molecular weight is 467 g/mol. The molecule has 2 N–H and O–H groups in total. The van der Waals surface area contributed by atoms with E-state index in [0.29, 0.717) is 0 Å². The number of nitrogens with one attached hydrogen (secondary N) is 2. The number of anilines is 3. The van der Waals surface area contributed by atoms with Crippen LogP contribution in [0, 0.1) is 6.92 Å². The molecule has 0 unspecified atom stereocenters. The summed E-state index contributed by atoms with van der Waals surface area (Å²) in [5, 5.41) is 7.78. The minimum absolute atomic E-state index is 0.752. The second-order valence-corrected chi connectivity index (χ2v) is 8.73. The Bertz CT molecular complexity index is 1520. The van der Waals surface area contributed by atoms with Crippen molar-refractivity contribution in [1.29, 1.82) is 0 Å². The van der Waals surface area contributed by atoms with Crippen molar-refractivity contribution in [2.24, 2.45) is 7.05 Å². The molecule has 0 aliphatic carbocycles. The Morgan fingerprint density at radius 3 is 2.69 bits per heavy atom. The van der Waals surface area contributed by atoms with E-state index in [9.17, 15) is 0 Å². The third-order valence-electron chi connectivity index (χ3n) is 6.31. The zero-order valence-corrected chi connectivity index (χ0v) is 19.7. The van der Waals surface area contributed by atoms with Crippen LogP contribution in [0.15, 0.2) is 61.3 Å². The van der Waals surface area contributed by atoms with Crippen LogP contribution >= 0.6 is 0 Å². The summed E-state index contributed by atoms with van der Waals surface area (Å²) in [7, 11) is 1.98. The highest BCUT2D eigenvalue weighted by Gasteiger charge is 2.14. The van der Waals surface area contributed by atoms with Crippen molar-refractivity contribution in [3.05, 3.63) is 66.9 Å². The summed E-state index contributed by atoms with van der Waals surface area (Å²) in [5.74, 6) is 3.25. The number of benzene rings is 2. The standard InChI is InChI=1S/C26H26N8O/c1-17-11-18(3-6-24(17)35-19-4-5-23-21(12-19)31-16-33(23)2)32-26-20-13-25(34-9-7-27-8-10-34)28-14-22(20)29-15-30-26/h3-6,11-16,27H,7-10H2,1-2H3,(H,29,30,32). The maximum Gasteiger partial charge on any atom is 0.141 e. The molecule has 1 fully saturated rings. The number of pyridine rings is 1. The van der Waals surface area contributed by atoms with Gasteiger partial charge in [-0.3, -0.25) is 0 Å². The van der Waals surface area contributed by atoms with Gasteiger partial charge in [-0.05, 0) is 48.9 Å². The molecular weight excluding hydrogens is 440 g/mol. The summed E-state index contributed by atoms with van der Waals surface area (Å²) in [6.45, 7) is 5.81. The summed E-state index contributed by atoms with van der Waals surface area (Å²) in [6.07, 6.45) is 5.19. The molecule has 1 saturated heterocycles. The van der Waals surface area contributed by atoms with E-state index in [4.69, 9.17) is 4.74 Å². The van der Waals surface area contributed by atoms with Crippen molar-refractivity contribution < 1.29 is 4.74 Å². The molecule has 35 heavy (non-hydrogen) atoms. The van der Waals surface area contributed by atoms with Gasteiger partial charge in [0.25, 0.3) is 0 Å². The average Bonchev–Trinajstić information content (AvgIpc) is 3.26. The maximum absolute atomic E-state index is 6.16. The van der Waals surface area contributed by atoms with Gasteiger partial charge in [0, 0.05) is 50.4 Å². The molecule has 6 rings (SSSR count). The largest absolute Gasteiger partial charge is 0.457 e. The second kappa shape index (κ2) is 8.84. The summed E-state index contributed by atoms with van der Waals surface area (Å²) in [6, 6.07) is 14.0. The predicted octanol–water partition coefficient (Wildman–Crippen LogP) is 4.17. The van der Waals surface area contributed by atoms with Gasteiger partial charge in [0.2, 0.25) is 0 Å². The van der Waals surface area contributed by atoms with Crippen LogP contribution < -0.4 is 20.3 Å². The topological polar surface area (TPSA) is 93.0 Å². The van der Waals surface area contributed by atoms with Crippen molar-refractivity contribution >= 4 is 39.3 Å². The lowest BCUT2D eigenvalue weighted by molar-refractivity contribution is 0.479. The molecular formula is C26H26N8O. The second-order valence-electron chi connectivity index (χ2n) is 8.73. The third kappa shape index (κ3) is 4.22. The molecule has 2 aromatic carbocycles. The van der Waals surface area contributed by atoms with Crippen LogP contribution in [0.1, 0.15) is 5.56 Å². The predicted molar refractivity (Wildman–Crippen MR) is 138 cm³/mol. The van der Waals surface area contributed by atoms with Gasteiger partial charge in [-0.2, -0.15) is 0 Å². The van der Waals surface area contributed by atoms with Crippen LogP contribution in [0.3, 0.4) is 0 Å². The van der Waals surface area contributed by atoms with E-state index in [2.05, 4.69) is 47.6 Å². The normalized spacial score (nSPS) is 13.9. The lowest BCUT2D eigenvalue weighted by atomic mass is 10.2. The molecule has 4 heterocycles. The van der Waals surface area contributed by atoms with Crippen LogP contribution in [0.5, 0.6) is 11.5 Å². The quantitative estimate of drug-likeness (QED) is 0.399. The number of hydrogen-bond donors (Lipinski definition) is 2. The van der Waals surface area contributed by atoms with Crippen LogP contribution in [-0.2, 0) is 7.05 Å². The molecule has 176 valence electrons. The Morgan fingerprint density at radius 1 is 0.943 bits per heavy atom. The van der Waals surface area contributed by atoms with E-state index in [0.717, 1.165) is 82.5 Å². The molecule has 3 aromatic heterocycles. The first kappa shape index (κ1) is 21.3. The van der Waals surface area contributed by atoms with Gasteiger partial charge in [-0.1, -0.05) is 0 Å². The van der Waals surface area contributed by atoms with Crippen molar-refractivity contribution in [2.75, 3.05) is 36.4 Å². The Hall–Kier alpha value is -4.24. The fourth-order valence-corrected chi connectivity index (χ4v) is 4.40. The molecule has 0 saturated carbocycles. The number of fused-ring (bicyclic) bond motifs is 2. The van der Waals surface area contributed by atoms with Crippen LogP contribution in [0.25, 0.3) is 21.9 Å². The van der Waals surface area contributed by atoms with E-state index in [-0.39, 0.29) is 0 Å². The molecule has 0 spiro atoms. The van der Waals surface area contributed by atoms with Crippen molar-refractivity contribution in [3.8, 4) is 11.5 Å². The number of rotatable bonds is 5. The van der Waals surface area contributed by atoms with Crippen LogP contribution in [0.2, 0.25) is 0 Å². The lowest BCUT2D eigenvalue weighted by Gasteiger charge is -2.28. The molecule has 0 bridgehead atoms. The fraction of sp³-hybridized carbons (Fsp3) is 0.231. The van der Waals surface area contributed by atoms with Crippen molar-refractivity contribution in [1.82, 2.24) is 29.8 Å². The Labute approximate surface area is 202 Å². The van der Waals surface area contributed by atoms with E-state index >= 15 is 0 Å². The van der Waals surface area contributed by atoms with Gasteiger partial charge in [0.05, 0.1) is 29.1 Å². The summed E-state index contributed by atoms with van der Waals surface area (Å²) < 4.78 is 8.15. The lowest BCUT2D eigenvalue weighted by Crippen LogP contribution is -2.43. The molecule has 9 heteroatoms. The number of nitrogens with zero attached hydrogens (tertiary/aromatic N) is 6. The summed E-state index contributed by atoms with van der Waals surface area (Å²) in [4.78, 5) is 20.2. The van der Waals surface area contributed by atoms with Gasteiger partial charge < -0.3 is 24.8 Å². The van der Waals surface area contributed by atoms with Gasteiger partial charge in [0.15, 0.2) is 0 Å². The zero-order chi connectivity index (χ0) is 23.8. The van der Waals surface area contributed by atoms with Gasteiger partial charge >= 0.3 is 0 Å². The van der Waals surface area contributed by atoms with E-state index in [1.54, 1.807) is 12.7 Å². The van der Waals surface area contributed by atoms with E-state index in [1.807, 2.05) is 55.1 Å². The minimum Gasteiger partial charge on any atom is -0.457 e. The van der Waals surface area contributed by atoms with Crippen molar-refractivity contribution in [3.63, 3.8) is 0 Å². The SMILES string of the molecule is Cc1cc(Nc2ncnc3cnc(N4CCNCC4)cc23)ccc1Oc1ccc2c(c1)ncn2C. The number of piperazine rings is 1. The highest BCUT2D eigenvalue weighted by atomic mass is 16.5. The summed E-state index contributed by atoms with van der Waals surface area (Å²) >= 11 is 0. The highest BCUT2D eigenvalue weighted by Crippen LogP contribution is 2.31. The number of hydrogen-bond acceptors (Lipinski definition) is 8. The molecule has 0 radical (unpaired) electrons. The molecule has 9 nitrogen and oxygen atoms in total.